The summed E-state index contributed by atoms with van der Waals surface area (Å²) >= 11 is 0. The molecule has 0 aromatic rings. The lowest BCUT2D eigenvalue weighted by Crippen LogP contribution is -2.15. The fraction of sp³-hybridized carbons (Fsp3) is 0.500. The predicted octanol–water partition coefficient (Wildman–Crippen LogP) is -0.392. The molecule has 0 atom stereocenters. The smallest absolute Gasteiger partial charge is 0.332 e. The molecule has 0 unspecified atom stereocenters. The summed E-state index contributed by atoms with van der Waals surface area (Å²) in [5, 5.41) is -0.0784. The van der Waals surface area contributed by atoms with E-state index in [0.717, 1.165) is 6.08 Å². The highest BCUT2D eigenvalue weighted by Gasteiger charge is 2.13. The molecule has 0 spiro atoms. The number of hydrogen-bond acceptors (Lipinski definition) is 5. The summed E-state index contributed by atoms with van der Waals surface area (Å²) in [4.78, 5) is 30.8. The van der Waals surface area contributed by atoms with Gasteiger partial charge >= 0.3 is 11.9 Å². The maximum absolute atomic E-state index is 11.1. The first-order chi connectivity index (χ1) is 6.65. The van der Waals surface area contributed by atoms with Gasteiger partial charge in [-0.2, -0.15) is 0 Å². The number of hydrogen-bond donors (Lipinski definition) is 1. The Balaban J connectivity index is 4.38. The van der Waals surface area contributed by atoms with Crippen LogP contribution in [0.4, 0.5) is 0 Å². The molecule has 1 N–H and O–H groups in total. The van der Waals surface area contributed by atoms with Gasteiger partial charge in [0.1, 0.15) is 0 Å². The van der Waals surface area contributed by atoms with E-state index in [-0.39, 0.29) is 18.4 Å². The van der Waals surface area contributed by atoms with Crippen LogP contribution in [0.1, 0.15) is 13.8 Å². The van der Waals surface area contributed by atoms with E-state index in [0.29, 0.717) is 0 Å². The fourth-order valence-corrected chi connectivity index (χ4v) is 0.993. The van der Waals surface area contributed by atoms with Crippen LogP contribution < -0.4 is 0 Å². The molecular weight excluding hydrogens is 204 g/mol. The molecule has 14 heavy (non-hydrogen) atoms. The van der Waals surface area contributed by atoms with Crippen molar-refractivity contribution in [2.24, 2.45) is 0 Å². The Kier molecular flexibility index (Phi) is 6.68. The highest BCUT2D eigenvalue weighted by molar-refractivity contribution is 6.47. The van der Waals surface area contributed by atoms with Crippen LogP contribution in [0, 0.1) is 0 Å². The third-order valence-corrected chi connectivity index (χ3v) is 1.75. The van der Waals surface area contributed by atoms with Gasteiger partial charge < -0.3 is 14.3 Å². The molecule has 0 amide bonds. The first-order valence-electron chi connectivity index (χ1n) is 4.11. The van der Waals surface area contributed by atoms with Crippen LogP contribution in [0.2, 0.25) is 0 Å². The normalized spacial score (nSPS) is 10.9. The Morgan fingerprint density at radius 3 is 2.29 bits per heavy atom. The van der Waals surface area contributed by atoms with Crippen molar-refractivity contribution in [2.45, 2.75) is 13.8 Å². The van der Waals surface area contributed by atoms with Crippen LogP contribution in [0.25, 0.3) is 0 Å². The molecule has 78 valence electrons. The first kappa shape index (κ1) is 12.9. The molecule has 0 aromatic carbocycles. The zero-order valence-corrected chi connectivity index (χ0v) is 9.07. The van der Waals surface area contributed by atoms with Crippen molar-refractivity contribution in [3.8, 4) is 0 Å². The first-order valence-corrected chi connectivity index (χ1v) is 5.06. The zero-order valence-electron chi connectivity index (χ0n) is 8.07. The Hall–Kier alpha value is -1.14. The summed E-state index contributed by atoms with van der Waals surface area (Å²) < 4.78 is 9.18. The van der Waals surface area contributed by atoms with Gasteiger partial charge in [0.2, 0.25) is 0 Å². The molecule has 6 heteroatoms. The highest BCUT2D eigenvalue weighted by atomic mass is 28.2. The van der Waals surface area contributed by atoms with Crippen LogP contribution in [-0.4, -0.2) is 39.7 Å². The van der Waals surface area contributed by atoms with Gasteiger partial charge in [-0.1, -0.05) is 0 Å². The van der Waals surface area contributed by atoms with Crippen molar-refractivity contribution in [3.63, 3.8) is 0 Å². The fourth-order valence-electron chi connectivity index (χ4n) is 0.647. The maximum Gasteiger partial charge on any atom is 0.332 e. The van der Waals surface area contributed by atoms with Gasteiger partial charge in [0.15, 0.2) is 0 Å². The van der Waals surface area contributed by atoms with E-state index in [4.69, 9.17) is 4.80 Å². The number of rotatable bonds is 5. The van der Waals surface area contributed by atoms with E-state index >= 15 is 0 Å². The van der Waals surface area contributed by atoms with E-state index in [1.54, 1.807) is 13.8 Å². The second-order valence-electron chi connectivity index (χ2n) is 2.14. The lowest BCUT2D eigenvalue weighted by atomic mass is 10.5. The Morgan fingerprint density at radius 2 is 1.86 bits per heavy atom. The molecule has 0 aliphatic rings. The Morgan fingerprint density at radius 1 is 1.29 bits per heavy atom. The molecule has 5 nitrogen and oxygen atoms in total. The SMILES string of the molecule is CCOC(=O)/C=C(\[Si]O)C(=O)OCC. The van der Waals surface area contributed by atoms with Crippen molar-refractivity contribution >= 4 is 21.7 Å². The minimum absolute atomic E-state index is 0.0784. The van der Waals surface area contributed by atoms with Gasteiger partial charge in [0, 0.05) is 6.08 Å². The molecule has 0 saturated carbocycles. The van der Waals surface area contributed by atoms with Crippen molar-refractivity contribution in [1.29, 1.82) is 0 Å². The number of carbonyl (C=O) groups is 2. The topological polar surface area (TPSA) is 72.8 Å². The summed E-state index contributed by atoms with van der Waals surface area (Å²) in [5.74, 6) is -1.35. The molecule has 0 saturated heterocycles. The molecule has 0 rings (SSSR count). The van der Waals surface area contributed by atoms with Crippen LogP contribution in [-0.2, 0) is 19.1 Å². The maximum atomic E-state index is 11.1. The summed E-state index contributed by atoms with van der Waals surface area (Å²) in [6.07, 6.45) is 0.944. The lowest BCUT2D eigenvalue weighted by Gasteiger charge is -2.02. The Bertz CT molecular complexity index is 236. The monoisotopic (exact) mass is 216 g/mol. The van der Waals surface area contributed by atoms with Crippen molar-refractivity contribution in [3.05, 3.63) is 11.3 Å². The second kappa shape index (κ2) is 7.28. The molecule has 0 aliphatic heterocycles. The summed E-state index contributed by atoms with van der Waals surface area (Å²) in [6.45, 7) is 3.71. The summed E-state index contributed by atoms with van der Waals surface area (Å²) in [6, 6.07) is 0. The third kappa shape index (κ3) is 4.78. The van der Waals surface area contributed by atoms with Gasteiger partial charge in [-0.25, -0.2) is 9.59 Å². The predicted molar refractivity (Wildman–Crippen MR) is 49.3 cm³/mol. The molecule has 0 heterocycles. The van der Waals surface area contributed by atoms with Gasteiger partial charge in [-0.15, -0.1) is 0 Å². The van der Waals surface area contributed by atoms with Gasteiger partial charge in [0.05, 0.1) is 18.4 Å². The van der Waals surface area contributed by atoms with Crippen LogP contribution in [0.5, 0.6) is 0 Å². The second-order valence-corrected chi connectivity index (χ2v) is 2.90. The standard InChI is InChI=1S/C8H12O5Si/c1-3-12-7(9)5-6(14-11)8(10)13-4-2/h5,11H,3-4H2,1-2H3/b6-5-. The molecular formula is C8H12O5Si. The third-order valence-electron chi connectivity index (χ3n) is 1.16. The molecule has 0 bridgehead atoms. The van der Waals surface area contributed by atoms with E-state index in [2.05, 4.69) is 9.47 Å². The largest absolute Gasteiger partial charge is 0.463 e. The van der Waals surface area contributed by atoms with E-state index in [9.17, 15) is 9.59 Å². The average molecular weight is 216 g/mol. The van der Waals surface area contributed by atoms with E-state index < -0.39 is 21.7 Å². The van der Waals surface area contributed by atoms with Crippen LogP contribution in [0.3, 0.4) is 0 Å². The van der Waals surface area contributed by atoms with Crippen LogP contribution >= 0.6 is 0 Å². The summed E-state index contributed by atoms with van der Waals surface area (Å²) in [5.41, 5.74) is 0. The number of ether oxygens (including phenoxy) is 2. The minimum atomic E-state index is -0.778. The van der Waals surface area contributed by atoms with Crippen molar-refractivity contribution < 1.29 is 23.9 Å². The molecule has 0 aromatic heterocycles. The van der Waals surface area contributed by atoms with Gasteiger partial charge in [-0.05, 0) is 13.8 Å². The van der Waals surface area contributed by atoms with Gasteiger partial charge in [-0.3, -0.25) is 0 Å². The summed E-state index contributed by atoms with van der Waals surface area (Å²) in [7, 11) is -0.778. The van der Waals surface area contributed by atoms with Crippen molar-refractivity contribution in [2.75, 3.05) is 13.2 Å². The average Bonchev–Trinajstić information content (AvgIpc) is 2.15. The number of carbonyl (C=O) groups excluding carboxylic acids is 2. The molecule has 0 fully saturated rings. The minimum Gasteiger partial charge on any atom is -0.463 e. The molecule has 2 radical (unpaired) electrons. The van der Waals surface area contributed by atoms with Crippen molar-refractivity contribution in [1.82, 2.24) is 0 Å². The quantitative estimate of drug-likeness (QED) is 0.385. The van der Waals surface area contributed by atoms with E-state index in [1.165, 1.54) is 0 Å². The van der Waals surface area contributed by atoms with Gasteiger partial charge in [0.25, 0.3) is 9.76 Å². The zero-order chi connectivity index (χ0) is 11.0. The van der Waals surface area contributed by atoms with E-state index in [1.807, 2.05) is 0 Å². The molecule has 0 aliphatic carbocycles. The number of esters is 2. The lowest BCUT2D eigenvalue weighted by molar-refractivity contribution is -0.140. The Labute approximate surface area is 84.6 Å². The van der Waals surface area contributed by atoms with Crippen LogP contribution in [0.15, 0.2) is 11.3 Å². The highest BCUT2D eigenvalue weighted by Crippen LogP contribution is 1.96.